The second kappa shape index (κ2) is 10.0. The van der Waals surface area contributed by atoms with Crippen molar-refractivity contribution in [3.05, 3.63) is 84.1 Å². The number of thioether (sulfide) groups is 1. The molecule has 0 saturated carbocycles. The van der Waals surface area contributed by atoms with Crippen LogP contribution in [0.1, 0.15) is 25.0 Å². The van der Waals surface area contributed by atoms with Gasteiger partial charge in [0.25, 0.3) is 0 Å². The van der Waals surface area contributed by atoms with Gasteiger partial charge < -0.3 is 14.5 Å². The Hall–Kier alpha value is -3.44. The number of hydrogen-bond donors (Lipinski definition) is 1. The van der Waals surface area contributed by atoms with E-state index in [-0.39, 0.29) is 5.91 Å². The third-order valence-electron chi connectivity index (χ3n) is 5.55. The molecule has 0 bridgehead atoms. The highest BCUT2D eigenvalue weighted by atomic mass is 32.2. The molecule has 33 heavy (non-hydrogen) atoms. The van der Waals surface area contributed by atoms with Gasteiger partial charge in [0.15, 0.2) is 0 Å². The van der Waals surface area contributed by atoms with E-state index in [1.54, 1.807) is 24.1 Å². The zero-order valence-electron chi connectivity index (χ0n) is 19.3. The van der Waals surface area contributed by atoms with E-state index in [9.17, 15) is 4.79 Å². The summed E-state index contributed by atoms with van der Waals surface area (Å²) in [7, 11) is 0. The van der Waals surface area contributed by atoms with Gasteiger partial charge in [-0.3, -0.25) is 4.79 Å². The fraction of sp³-hybridized carbons (Fsp3) is 0.179. The summed E-state index contributed by atoms with van der Waals surface area (Å²) in [4.78, 5) is 13.9. The van der Waals surface area contributed by atoms with Crippen LogP contribution in [-0.4, -0.2) is 18.8 Å². The van der Waals surface area contributed by atoms with Crippen molar-refractivity contribution in [1.29, 1.82) is 0 Å². The highest BCUT2D eigenvalue weighted by molar-refractivity contribution is 7.98. The van der Waals surface area contributed by atoms with Crippen LogP contribution in [0.3, 0.4) is 0 Å². The summed E-state index contributed by atoms with van der Waals surface area (Å²) < 4.78 is 12.0. The van der Waals surface area contributed by atoms with Crippen LogP contribution in [0.5, 0.6) is 5.75 Å². The number of benzene rings is 3. The van der Waals surface area contributed by atoms with Gasteiger partial charge in [0.1, 0.15) is 11.3 Å². The number of carbonyl (C=O) groups excluding carboxylic acids is 1. The van der Waals surface area contributed by atoms with Crippen LogP contribution in [0.15, 0.2) is 82.3 Å². The van der Waals surface area contributed by atoms with E-state index in [0.717, 1.165) is 55.1 Å². The predicted molar refractivity (Wildman–Crippen MR) is 138 cm³/mol. The van der Waals surface area contributed by atoms with Gasteiger partial charge in [-0.2, -0.15) is 0 Å². The minimum absolute atomic E-state index is 0.176. The van der Waals surface area contributed by atoms with Crippen molar-refractivity contribution >= 4 is 39.9 Å². The summed E-state index contributed by atoms with van der Waals surface area (Å²) >= 11 is 1.60. The number of fused-ring (bicyclic) bond motifs is 1. The minimum Gasteiger partial charge on any atom is -0.493 e. The number of rotatable bonds is 7. The summed E-state index contributed by atoms with van der Waals surface area (Å²) in [5.74, 6) is 0.565. The van der Waals surface area contributed by atoms with Crippen molar-refractivity contribution in [1.82, 2.24) is 0 Å². The molecule has 1 amide bonds. The fourth-order valence-corrected chi connectivity index (χ4v) is 4.53. The number of furan rings is 1. The Morgan fingerprint density at radius 1 is 1.12 bits per heavy atom. The van der Waals surface area contributed by atoms with E-state index in [2.05, 4.69) is 23.5 Å². The number of aryl methyl sites for hydroxylation is 1. The number of allylic oxidation sites excluding steroid dienone is 1. The Morgan fingerprint density at radius 2 is 1.85 bits per heavy atom. The number of amides is 1. The number of nitrogens with one attached hydrogen (secondary N) is 1. The van der Waals surface area contributed by atoms with Gasteiger partial charge in [0.2, 0.25) is 5.91 Å². The van der Waals surface area contributed by atoms with Gasteiger partial charge in [0, 0.05) is 33.0 Å². The molecule has 4 nitrogen and oxygen atoms in total. The van der Waals surface area contributed by atoms with Gasteiger partial charge in [-0.25, -0.2) is 0 Å². The van der Waals surface area contributed by atoms with Gasteiger partial charge >= 0.3 is 0 Å². The molecular weight excluding hydrogens is 430 g/mol. The lowest BCUT2D eigenvalue weighted by atomic mass is 9.96. The lowest BCUT2D eigenvalue weighted by molar-refractivity contribution is -0.111. The topological polar surface area (TPSA) is 51.5 Å². The molecule has 1 heterocycles. The van der Waals surface area contributed by atoms with Crippen molar-refractivity contribution < 1.29 is 13.9 Å². The Bertz CT molecular complexity index is 1320. The van der Waals surface area contributed by atoms with Crippen LogP contribution in [0.25, 0.3) is 27.7 Å². The van der Waals surface area contributed by atoms with E-state index >= 15 is 0 Å². The van der Waals surface area contributed by atoms with Crippen LogP contribution >= 0.6 is 11.8 Å². The molecule has 3 aromatic carbocycles. The normalized spacial score (nSPS) is 11.6. The summed E-state index contributed by atoms with van der Waals surface area (Å²) in [5, 5.41) is 4.00. The Morgan fingerprint density at radius 3 is 2.58 bits per heavy atom. The summed E-state index contributed by atoms with van der Waals surface area (Å²) in [5.41, 5.74) is 6.33. The first-order chi connectivity index (χ1) is 16.0. The molecule has 4 rings (SSSR count). The largest absolute Gasteiger partial charge is 0.493 e. The molecule has 1 N–H and O–H groups in total. The first-order valence-corrected chi connectivity index (χ1v) is 12.1. The molecule has 4 aromatic rings. The second-order valence-corrected chi connectivity index (χ2v) is 8.57. The first kappa shape index (κ1) is 22.7. The van der Waals surface area contributed by atoms with Crippen LogP contribution in [0, 0.1) is 6.92 Å². The van der Waals surface area contributed by atoms with Crippen LogP contribution < -0.4 is 10.1 Å². The van der Waals surface area contributed by atoms with Crippen LogP contribution in [0.4, 0.5) is 5.69 Å². The Balaban J connectivity index is 1.77. The standard InChI is InChI=1S/C28H27NO3S/c1-5-31-27-19(3)28-22(23(17-32-28)20-11-7-6-8-12-20)16-21(27)18(2)15-26(30)29-24-13-9-10-14-25(24)33-4/h6-17H,5H2,1-4H3,(H,29,30)/b18-15+. The quantitative estimate of drug-likeness (QED) is 0.230. The monoisotopic (exact) mass is 457 g/mol. The van der Waals surface area contributed by atoms with E-state index in [4.69, 9.17) is 9.15 Å². The maximum Gasteiger partial charge on any atom is 0.248 e. The fourth-order valence-electron chi connectivity index (χ4n) is 3.97. The maximum atomic E-state index is 12.9. The zero-order chi connectivity index (χ0) is 23.4. The van der Waals surface area contributed by atoms with E-state index in [1.807, 2.05) is 69.5 Å². The highest BCUT2D eigenvalue weighted by Gasteiger charge is 2.19. The molecular formula is C28H27NO3S. The lowest BCUT2D eigenvalue weighted by Crippen LogP contribution is -2.09. The van der Waals surface area contributed by atoms with Crippen molar-refractivity contribution in [2.75, 3.05) is 18.2 Å². The number of ether oxygens (including phenoxy) is 1. The molecule has 0 atom stereocenters. The number of hydrogen-bond acceptors (Lipinski definition) is 4. The maximum absolute atomic E-state index is 12.9. The van der Waals surface area contributed by atoms with E-state index in [0.29, 0.717) is 6.61 Å². The van der Waals surface area contributed by atoms with Crippen molar-refractivity contribution in [2.24, 2.45) is 0 Å². The molecule has 0 spiro atoms. The molecule has 0 aliphatic rings. The average Bonchev–Trinajstić information content (AvgIpc) is 3.26. The van der Waals surface area contributed by atoms with Crippen molar-refractivity contribution in [2.45, 2.75) is 25.7 Å². The molecule has 0 saturated heterocycles. The van der Waals surface area contributed by atoms with Crippen molar-refractivity contribution in [3.63, 3.8) is 0 Å². The molecule has 0 radical (unpaired) electrons. The molecule has 0 aliphatic heterocycles. The van der Waals surface area contributed by atoms with Crippen molar-refractivity contribution in [3.8, 4) is 16.9 Å². The Kier molecular flexibility index (Phi) is 6.90. The van der Waals surface area contributed by atoms with E-state index < -0.39 is 0 Å². The SMILES string of the molecule is CCOc1c(/C(C)=C/C(=O)Nc2ccccc2SC)cc2c(-c3ccccc3)coc2c1C. The molecule has 0 unspecified atom stereocenters. The highest BCUT2D eigenvalue weighted by Crippen LogP contribution is 2.40. The van der Waals surface area contributed by atoms with Gasteiger partial charge in [-0.15, -0.1) is 11.8 Å². The summed E-state index contributed by atoms with van der Waals surface area (Å²) in [6, 6.07) is 20.0. The lowest BCUT2D eigenvalue weighted by Gasteiger charge is -2.15. The molecule has 1 aromatic heterocycles. The summed E-state index contributed by atoms with van der Waals surface area (Å²) in [6.07, 6.45) is 5.41. The Labute approximate surface area is 198 Å². The van der Waals surface area contributed by atoms with Gasteiger partial charge in [-0.1, -0.05) is 42.5 Å². The number of anilines is 1. The third kappa shape index (κ3) is 4.69. The van der Waals surface area contributed by atoms with Crippen LogP contribution in [0.2, 0.25) is 0 Å². The summed E-state index contributed by atoms with van der Waals surface area (Å²) in [6.45, 7) is 6.41. The average molecular weight is 458 g/mol. The zero-order valence-corrected chi connectivity index (χ0v) is 20.1. The number of para-hydroxylation sites is 1. The first-order valence-electron chi connectivity index (χ1n) is 10.9. The second-order valence-electron chi connectivity index (χ2n) is 7.72. The van der Waals surface area contributed by atoms with Gasteiger partial charge in [0.05, 0.1) is 18.6 Å². The smallest absolute Gasteiger partial charge is 0.248 e. The van der Waals surface area contributed by atoms with E-state index in [1.165, 1.54) is 0 Å². The molecule has 0 aliphatic carbocycles. The van der Waals surface area contributed by atoms with Crippen LogP contribution in [-0.2, 0) is 4.79 Å². The third-order valence-corrected chi connectivity index (χ3v) is 6.35. The minimum atomic E-state index is -0.176. The predicted octanol–water partition coefficient (Wildman–Crippen LogP) is 7.57. The van der Waals surface area contributed by atoms with Gasteiger partial charge in [-0.05, 0) is 56.4 Å². The molecule has 168 valence electrons. The number of carbonyl (C=O) groups is 1. The molecule has 5 heteroatoms. The molecule has 0 fully saturated rings.